The van der Waals surface area contributed by atoms with Crippen LogP contribution in [0.5, 0.6) is 0 Å². The summed E-state index contributed by atoms with van der Waals surface area (Å²) >= 11 is 0. The zero-order chi connectivity index (χ0) is 23.2. The summed E-state index contributed by atoms with van der Waals surface area (Å²) in [5, 5.41) is 0. The van der Waals surface area contributed by atoms with Gasteiger partial charge in [-0.05, 0) is 101 Å². The number of fused-ring (bicyclic) bond motifs is 1. The molecule has 0 unspecified atom stereocenters. The molecule has 0 radical (unpaired) electrons. The van der Waals surface area contributed by atoms with Crippen molar-refractivity contribution in [3.8, 4) is 0 Å². The molecule has 3 aromatic rings. The van der Waals surface area contributed by atoms with E-state index in [0.29, 0.717) is 0 Å². The van der Waals surface area contributed by atoms with Crippen LogP contribution in [0.25, 0.3) is 17.1 Å². The third-order valence-corrected chi connectivity index (χ3v) is 7.48. The van der Waals surface area contributed by atoms with Crippen molar-refractivity contribution in [3.05, 3.63) is 74.8 Å². The fourth-order valence-electron chi connectivity index (χ4n) is 4.73. The third kappa shape index (κ3) is 3.71. The fourth-order valence-corrected chi connectivity index (χ4v) is 4.73. The van der Waals surface area contributed by atoms with Crippen molar-refractivity contribution in [3.63, 3.8) is 0 Å². The van der Waals surface area contributed by atoms with Crippen molar-refractivity contribution >= 4 is 22.8 Å². The van der Waals surface area contributed by atoms with Gasteiger partial charge in [0, 0.05) is 36.1 Å². The van der Waals surface area contributed by atoms with Gasteiger partial charge in [-0.15, -0.1) is 0 Å². The quantitative estimate of drug-likeness (QED) is 0.368. The Morgan fingerprint density at radius 1 is 0.774 bits per heavy atom. The molecule has 0 aliphatic rings. The lowest BCUT2D eigenvalue weighted by atomic mass is 9.97. The van der Waals surface area contributed by atoms with E-state index >= 15 is 0 Å². The number of imidazole rings is 1. The topological polar surface area (TPSA) is 12.1 Å². The molecule has 0 amide bonds. The highest BCUT2D eigenvalue weighted by molar-refractivity contribution is 5.83. The van der Waals surface area contributed by atoms with Crippen molar-refractivity contribution in [1.82, 2.24) is 4.57 Å². The first kappa shape index (κ1) is 22.9. The predicted octanol–water partition coefficient (Wildman–Crippen LogP) is 6.13. The van der Waals surface area contributed by atoms with Crippen LogP contribution in [0.1, 0.15) is 50.3 Å². The Morgan fingerprint density at radius 2 is 1.35 bits per heavy atom. The summed E-state index contributed by atoms with van der Waals surface area (Å²) in [5.74, 6) is 1.19. The van der Waals surface area contributed by atoms with Crippen LogP contribution in [0.15, 0.2) is 24.4 Å². The normalized spacial score (nSPS) is 12.1. The van der Waals surface area contributed by atoms with Gasteiger partial charge < -0.3 is 4.90 Å². The van der Waals surface area contributed by atoms with Crippen molar-refractivity contribution in [1.29, 1.82) is 0 Å². The van der Waals surface area contributed by atoms with Gasteiger partial charge in [0.2, 0.25) is 0 Å². The highest BCUT2D eigenvalue weighted by Gasteiger charge is 2.24. The number of hydrogen-bond donors (Lipinski definition) is 0. The lowest BCUT2D eigenvalue weighted by molar-refractivity contribution is -0.647. The molecule has 0 bridgehead atoms. The summed E-state index contributed by atoms with van der Waals surface area (Å²) < 4.78 is 4.63. The molecule has 0 saturated carbocycles. The molecule has 3 heteroatoms. The van der Waals surface area contributed by atoms with Crippen LogP contribution in [-0.2, 0) is 14.1 Å². The molecule has 0 spiro atoms. The number of aryl methyl sites for hydroxylation is 5. The Labute approximate surface area is 188 Å². The SMILES string of the molecule is Cc1cc(N(C)C=CC=Cc2n(C)c3c(C)c(C)c(C)c(C)c3[n+]2C)c(C)c(C)c1C. The monoisotopic (exact) mass is 416 g/mol. The minimum absolute atomic E-state index is 1.19. The van der Waals surface area contributed by atoms with Crippen LogP contribution in [0.3, 0.4) is 0 Å². The van der Waals surface area contributed by atoms with Gasteiger partial charge >= 0.3 is 0 Å². The first-order valence-corrected chi connectivity index (χ1v) is 11.1. The van der Waals surface area contributed by atoms with Crippen molar-refractivity contribution in [2.75, 3.05) is 11.9 Å². The molecule has 0 fully saturated rings. The van der Waals surface area contributed by atoms with Crippen LogP contribution >= 0.6 is 0 Å². The molecule has 0 aliphatic heterocycles. The molecule has 2 aromatic carbocycles. The second-order valence-corrected chi connectivity index (χ2v) is 9.07. The molecule has 0 atom stereocenters. The van der Waals surface area contributed by atoms with Crippen molar-refractivity contribution < 1.29 is 4.57 Å². The average Bonchev–Trinajstić information content (AvgIpc) is 2.99. The maximum Gasteiger partial charge on any atom is 0.281 e. The van der Waals surface area contributed by atoms with Gasteiger partial charge in [0.15, 0.2) is 11.0 Å². The van der Waals surface area contributed by atoms with E-state index in [-0.39, 0.29) is 0 Å². The first-order chi connectivity index (χ1) is 14.5. The predicted molar refractivity (Wildman–Crippen MR) is 135 cm³/mol. The Hall–Kier alpha value is -2.81. The van der Waals surface area contributed by atoms with E-state index in [0.717, 1.165) is 0 Å². The Bertz CT molecular complexity index is 1190. The van der Waals surface area contributed by atoms with Gasteiger partial charge in [-0.3, -0.25) is 0 Å². The second kappa shape index (κ2) is 8.37. The Balaban J connectivity index is 1.96. The summed E-state index contributed by atoms with van der Waals surface area (Å²) in [5.41, 5.74) is 14.9. The van der Waals surface area contributed by atoms with Crippen LogP contribution in [-0.4, -0.2) is 11.6 Å². The van der Waals surface area contributed by atoms with Crippen LogP contribution in [0, 0.1) is 55.4 Å². The molecule has 1 aromatic heterocycles. The number of allylic oxidation sites excluding steroid dienone is 2. The molecule has 3 rings (SSSR count). The molecule has 1 heterocycles. The average molecular weight is 417 g/mol. The smallest absolute Gasteiger partial charge is 0.281 e. The van der Waals surface area contributed by atoms with E-state index in [1.807, 2.05) is 0 Å². The lowest BCUT2D eigenvalue weighted by Gasteiger charge is -2.21. The van der Waals surface area contributed by atoms with E-state index in [4.69, 9.17) is 0 Å². The van der Waals surface area contributed by atoms with Gasteiger partial charge in [-0.1, -0.05) is 6.08 Å². The molecular formula is C28H38N3+. The van der Waals surface area contributed by atoms with E-state index in [1.54, 1.807) is 0 Å². The van der Waals surface area contributed by atoms with Crippen LogP contribution in [0.2, 0.25) is 0 Å². The van der Waals surface area contributed by atoms with E-state index in [2.05, 4.69) is 121 Å². The molecule has 0 aliphatic carbocycles. The maximum absolute atomic E-state index is 2.31. The Kier molecular flexibility index (Phi) is 6.18. The largest absolute Gasteiger partial charge is 0.351 e. The number of hydrogen-bond acceptors (Lipinski definition) is 1. The molecule has 0 saturated heterocycles. The number of aromatic nitrogens is 2. The molecule has 31 heavy (non-hydrogen) atoms. The highest BCUT2D eigenvalue weighted by Crippen LogP contribution is 2.29. The lowest BCUT2D eigenvalue weighted by Crippen LogP contribution is -2.31. The van der Waals surface area contributed by atoms with Crippen LogP contribution < -0.4 is 9.47 Å². The summed E-state index contributed by atoms with van der Waals surface area (Å²) in [7, 11) is 6.45. The molecule has 0 N–H and O–H groups in total. The minimum atomic E-state index is 1.19. The van der Waals surface area contributed by atoms with Gasteiger partial charge in [-0.2, -0.15) is 0 Å². The number of anilines is 1. The number of benzene rings is 2. The summed E-state index contributed by atoms with van der Waals surface area (Å²) in [6.45, 7) is 17.8. The number of nitrogens with zero attached hydrogens (tertiary/aromatic N) is 3. The van der Waals surface area contributed by atoms with E-state index in [9.17, 15) is 0 Å². The molecule has 3 nitrogen and oxygen atoms in total. The summed E-state index contributed by atoms with van der Waals surface area (Å²) in [6, 6.07) is 2.28. The zero-order valence-corrected chi connectivity index (χ0v) is 21.2. The van der Waals surface area contributed by atoms with Gasteiger partial charge in [0.05, 0.1) is 14.1 Å². The highest BCUT2D eigenvalue weighted by atomic mass is 15.1. The minimum Gasteiger partial charge on any atom is -0.351 e. The van der Waals surface area contributed by atoms with E-state index < -0.39 is 0 Å². The fraction of sp³-hybridized carbons (Fsp3) is 0.393. The second-order valence-electron chi connectivity index (χ2n) is 9.07. The first-order valence-electron chi connectivity index (χ1n) is 11.1. The third-order valence-electron chi connectivity index (χ3n) is 7.48. The molecular weight excluding hydrogens is 378 g/mol. The molecule has 164 valence electrons. The Morgan fingerprint density at radius 3 is 2.00 bits per heavy atom. The van der Waals surface area contributed by atoms with Gasteiger partial charge in [0.1, 0.15) is 0 Å². The number of rotatable bonds is 4. The van der Waals surface area contributed by atoms with Crippen molar-refractivity contribution in [2.45, 2.75) is 55.4 Å². The summed E-state index contributed by atoms with van der Waals surface area (Å²) in [4.78, 5) is 2.21. The standard InChI is InChI=1S/C28H38N3/c1-17-16-25(22(6)19(3)18(17)2)29(9)15-13-12-14-26-30(10)27-23(7)20(4)21(5)24(8)28(27)31(26)11/h12-16H,1-11H3/q+1. The summed E-state index contributed by atoms with van der Waals surface area (Å²) in [6.07, 6.45) is 8.60. The zero-order valence-electron chi connectivity index (χ0n) is 21.2. The van der Waals surface area contributed by atoms with Gasteiger partial charge in [0.25, 0.3) is 5.82 Å². The maximum atomic E-state index is 2.31. The van der Waals surface area contributed by atoms with E-state index in [1.165, 1.54) is 67.1 Å². The van der Waals surface area contributed by atoms with Gasteiger partial charge in [-0.25, -0.2) is 9.13 Å². The van der Waals surface area contributed by atoms with Crippen molar-refractivity contribution in [2.24, 2.45) is 14.1 Å². The van der Waals surface area contributed by atoms with Crippen LogP contribution in [0.4, 0.5) is 5.69 Å².